The molecule has 0 N–H and O–H groups in total. The molecule has 0 nitrogen and oxygen atoms in total. The highest BCUT2D eigenvalue weighted by Gasteiger charge is 2.14. The zero-order valence-electron chi connectivity index (χ0n) is 32.8. The first-order valence-electron chi connectivity index (χ1n) is 20.1. The first-order valence-corrected chi connectivity index (χ1v) is 20.1. The third kappa shape index (κ3) is 6.78. The Balaban J connectivity index is 0.000000167. The van der Waals surface area contributed by atoms with E-state index in [-0.39, 0.29) is 0 Å². The lowest BCUT2D eigenvalue weighted by molar-refractivity contribution is 1.60. The van der Waals surface area contributed by atoms with E-state index in [0.717, 1.165) is 55.3 Å². The van der Waals surface area contributed by atoms with Crippen molar-refractivity contribution >= 4 is 64.6 Å². The standard InChI is InChI=1S/C38H22.C22H14/c1-3-25-13-19-33-21-29-9-5-7-11-31(29)23-35(33)37(25)27-15-17-28(18-16-27)38-26(4-2)14-20-34-22-30-10-6-8-12-32(30)24-36(34)38;1-2-7-17(8-3-1)13-14-18-11-6-12-21-15-19-9-4-5-10-20(19)16-22(18)21/h1-2,5-24H;1-12,15-16H. The van der Waals surface area contributed by atoms with Crippen molar-refractivity contribution in [2.45, 2.75) is 0 Å². The second kappa shape index (κ2) is 15.5. The molecule has 0 atom stereocenters. The van der Waals surface area contributed by atoms with Crippen LogP contribution in [0.2, 0.25) is 0 Å². The molecule has 276 valence electrons. The molecule has 11 aromatic carbocycles. The summed E-state index contributed by atoms with van der Waals surface area (Å²) in [7, 11) is 0. The minimum atomic E-state index is 0.890. The van der Waals surface area contributed by atoms with Crippen LogP contribution in [0.4, 0.5) is 0 Å². The Kier molecular flexibility index (Phi) is 9.33. The average molecular weight is 757 g/mol. The van der Waals surface area contributed by atoms with Crippen molar-refractivity contribution in [2.75, 3.05) is 0 Å². The zero-order chi connectivity index (χ0) is 40.4. The van der Waals surface area contributed by atoms with Gasteiger partial charge in [-0.2, -0.15) is 0 Å². The van der Waals surface area contributed by atoms with Gasteiger partial charge >= 0.3 is 0 Å². The Bertz CT molecular complexity index is 3440. The van der Waals surface area contributed by atoms with E-state index in [2.05, 4.69) is 187 Å². The molecule has 0 aromatic heterocycles. The summed E-state index contributed by atoms with van der Waals surface area (Å²) in [5.74, 6) is 12.4. The van der Waals surface area contributed by atoms with Crippen LogP contribution in [0.15, 0.2) is 206 Å². The van der Waals surface area contributed by atoms with Gasteiger partial charge in [0.25, 0.3) is 0 Å². The van der Waals surface area contributed by atoms with Gasteiger partial charge in [0.15, 0.2) is 0 Å². The van der Waals surface area contributed by atoms with Crippen molar-refractivity contribution < 1.29 is 0 Å². The van der Waals surface area contributed by atoms with E-state index in [4.69, 9.17) is 12.8 Å². The SMILES string of the molecule is C#Cc1ccc2cc3ccccc3cc2c1-c1ccc(-c2c(C#C)ccc3cc4ccccc4cc23)cc1.C(#Cc1cccc2cc3ccccc3cc12)c1ccccc1. The molecule has 0 saturated carbocycles. The molecule has 0 saturated heterocycles. The summed E-state index contributed by atoms with van der Waals surface area (Å²) in [6.45, 7) is 0. The van der Waals surface area contributed by atoms with Gasteiger partial charge in [0.1, 0.15) is 0 Å². The van der Waals surface area contributed by atoms with Gasteiger partial charge < -0.3 is 0 Å². The molecule has 0 amide bonds. The van der Waals surface area contributed by atoms with Crippen LogP contribution < -0.4 is 0 Å². The largest absolute Gasteiger partial charge is 0.115 e. The fourth-order valence-electron chi connectivity index (χ4n) is 8.43. The van der Waals surface area contributed by atoms with Crippen molar-refractivity contribution in [2.24, 2.45) is 0 Å². The molecule has 0 aliphatic heterocycles. The van der Waals surface area contributed by atoms with E-state index in [1.165, 1.54) is 53.9 Å². The Morgan fingerprint density at radius 2 is 0.650 bits per heavy atom. The van der Waals surface area contributed by atoms with Gasteiger partial charge in [-0.1, -0.05) is 163 Å². The maximum absolute atomic E-state index is 5.99. The van der Waals surface area contributed by atoms with E-state index in [1.807, 2.05) is 42.5 Å². The lowest BCUT2D eigenvalue weighted by Crippen LogP contribution is -1.91. The second-order valence-electron chi connectivity index (χ2n) is 15.0. The number of terminal acetylenes is 2. The van der Waals surface area contributed by atoms with Crippen LogP contribution in [0.3, 0.4) is 0 Å². The quantitative estimate of drug-likeness (QED) is 0.122. The smallest absolute Gasteiger partial charge is 0.0327 e. The van der Waals surface area contributed by atoms with E-state index >= 15 is 0 Å². The van der Waals surface area contributed by atoms with E-state index in [1.54, 1.807) is 0 Å². The Morgan fingerprint density at radius 1 is 0.267 bits per heavy atom. The fourth-order valence-corrected chi connectivity index (χ4v) is 8.43. The number of fused-ring (bicyclic) bond motifs is 6. The van der Waals surface area contributed by atoms with Gasteiger partial charge in [0, 0.05) is 33.4 Å². The van der Waals surface area contributed by atoms with Gasteiger partial charge in [0.2, 0.25) is 0 Å². The predicted molar refractivity (Wildman–Crippen MR) is 257 cm³/mol. The molecule has 11 aromatic rings. The molecule has 0 aliphatic rings. The molecule has 0 heteroatoms. The lowest BCUT2D eigenvalue weighted by atomic mass is 9.89. The van der Waals surface area contributed by atoms with Crippen LogP contribution in [-0.4, -0.2) is 0 Å². The summed E-state index contributed by atoms with van der Waals surface area (Å²) in [5.41, 5.74) is 8.26. The lowest BCUT2D eigenvalue weighted by Gasteiger charge is -2.14. The van der Waals surface area contributed by atoms with Crippen molar-refractivity contribution in [3.63, 3.8) is 0 Å². The van der Waals surface area contributed by atoms with Crippen LogP contribution in [0.1, 0.15) is 22.3 Å². The van der Waals surface area contributed by atoms with Crippen LogP contribution in [0.5, 0.6) is 0 Å². The number of hydrogen-bond acceptors (Lipinski definition) is 0. The number of rotatable bonds is 2. The second-order valence-corrected chi connectivity index (χ2v) is 15.0. The molecule has 0 unspecified atom stereocenters. The number of hydrogen-bond donors (Lipinski definition) is 0. The molecule has 60 heavy (non-hydrogen) atoms. The van der Waals surface area contributed by atoms with Crippen molar-refractivity contribution in [1.29, 1.82) is 0 Å². The van der Waals surface area contributed by atoms with Crippen molar-refractivity contribution in [3.05, 3.63) is 229 Å². The van der Waals surface area contributed by atoms with E-state index < -0.39 is 0 Å². The summed E-state index contributed by atoms with van der Waals surface area (Å²) in [5, 5.41) is 14.5. The Labute approximate surface area is 350 Å². The Hall–Kier alpha value is -8.34. The molecule has 0 spiro atoms. The summed E-state index contributed by atoms with van der Waals surface area (Å²) in [4.78, 5) is 0. The third-order valence-electron chi connectivity index (χ3n) is 11.4. The molecular formula is C60H36. The summed E-state index contributed by atoms with van der Waals surface area (Å²) in [6, 6.07) is 72.2. The molecule has 0 heterocycles. The monoisotopic (exact) mass is 756 g/mol. The molecule has 11 rings (SSSR count). The molecule has 0 bridgehead atoms. The first-order chi connectivity index (χ1) is 29.6. The van der Waals surface area contributed by atoms with Gasteiger partial charge in [-0.3, -0.25) is 0 Å². The fraction of sp³-hybridized carbons (Fsp3) is 0. The first kappa shape index (κ1) is 36.0. The van der Waals surface area contributed by atoms with Gasteiger partial charge in [-0.15, -0.1) is 12.8 Å². The minimum absolute atomic E-state index is 0.890. The Morgan fingerprint density at radius 3 is 1.10 bits per heavy atom. The normalized spacial score (nSPS) is 10.8. The average Bonchev–Trinajstić information content (AvgIpc) is 3.31. The van der Waals surface area contributed by atoms with E-state index in [0.29, 0.717) is 0 Å². The molecule has 0 aliphatic carbocycles. The van der Waals surface area contributed by atoms with Crippen molar-refractivity contribution in [1.82, 2.24) is 0 Å². The highest BCUT2D eigenvalue weighted by molar-refractivity contribution is 6.09. The summed E-state index contributed by atoms with van der Waals surface area (Å²) >= 11 is 0. The van der Waals surface area contributed by atoms with E-state index in [9.17, 15) is 0 Å². The highest BCUT2D eigenvalue weighted by Crippen LogP contribution is 2.38. The van der Waals surface area contributed by atoms with Gasteiger partial charge in [-0.05, 0) is 142 Å². The van der Waals surface area contributed by atoms with Crippen molar-refractivity contribution in [3.8, 4) is 58.8 Å². The molecular weight excluding hydrogens is 721 g/mol. The predicted octanol–water partition coefficient (Wildman–Crippen LogP) is 15.0. The summed E-state index contributed by atoms with van der Waals surface area (Å²) in [6.07, 6.45) is 12.0. The maximum Gasteiger partial charge on any atom is 0.0327 e. The molecule has 0 radical (unpaired) electrons. The zero-order valence-corrected chi connectivity index (χ0v) is 32.8. The molecule has 0 fully saturated rings. The topological polar surface area (TPSA) is 0 Å². The highest BCUT2D eigenvalue weighted by atomic mass is 14.2. The van der Waals surface area contributed by atoms with Crippen LogP contribution in [-0.2, 0) is 0 Å². The third-order valence-corrected chi connectivity index (χ3v) is 11.4. The van der Waals surface area contributed by atoms with Gasteiger partial charge in [0.05, 0.1) is 0 Å². The van der Waals surface area contributed by atoms with Gasteiger partial charge in [-0.25, -0.2) is 0 Å². The maximum atomic E-state index is 5.99. The summed E-state index contributed by atoms with van der Waals surface area (Å²) < 4.78 is 0. The number of benzene rings is 11. The van der Waals surface area contributed by atoms with Crippen LogP contribution in [0.25, 0.3) is 86.9 Å². The van der Waals surface area contributed by atoms with Crippen LogP contribution >= 0.6 is 0 Å². The minimum Gasteiger partial charge on any atom is -0.115 e. The van der Waals surface area contributed by atoms with Crippen LogP contribution in [0, 0.1) is 36.5 Å².